The summed E-state index contributed by atoms with van der Waals surface area (Å²) in [7, 11) is -0.910. The van der Waals surface area contributed by atoms with Gasteiger partial charge in [-0.1, -0.05) is 90.9 Å². The van der Waals surface area contributed by atoms with Crippen LogP contribution in [-0.2, 0) is 18.1 Å². The molecule has 39 heavy (non-hydrogen) atoms. The molecule has 2 aliphatic heterocycles. The van der Waals surface area contributed by atoms with Crippen molar-refractivity contribution in [3.8, 4) is 0 Å². The molecule has 0 saturated carbocycles. The van der Waals surface area contributed by atoms with Gasteiger partial charge in [0, 0.05) is 12.5 Å². The highest BCUT2D eigenvalue weighted by Crippen LogP contribution is 2.35. The molecule has 2 fully saturated rings. The molecule has 2 rings (SSSR count). The zero-order chi connectivity index (χ0) is 28.6. The van der Waals surface area contributed by atoms with Crippen LogP contribution in [0.2, 0.25) is 6.04 Å². The van der Waals surface area contributed by atoms with E-state index in [-0.39, 0.29) is 6.61 Å². The van der Waals surface area contributed by atoms with E-state index in [2.05, 4.69) is 20.9 Å². The van der Waals surface area contributed by atoms with Crippen LogP contribution < -0.4 is 0 Å². The predicted molar refractivity (Wildman–Crippen MR) is 157 cm³/mol. The van der Waals surface area contributed by atoms with Crippen LogP contribution in [0.5, 0.6) is 0 Å². The average Bonchev–Trinajstić information content (AvgIpc) is 2.91. The third-order valence-electron chi connectivity index (χ3n) is 8.65. The standard InChI is InChI=1S/C30H59NO7Si/c1-4-6-8-10-12-14-16-18-21-31(3,22-19-17-15-13-11-9-7-5-2)23-20-24-39-36-25-26(32)28(37-39)27(33)29(38-39)30(34)35/h26-29,32-33H,4-25H2,1-3H3/p+1. The minimum absolute atomic E-state index is 0.0168. The van der Waals surface area contributed by atoms with E-state index in [1.807, 2.05) is 0 Å². The Kier molecular flexibility index (Phi) is 16.7. The molecule has 0 aliphatic carbocycles. The molecule has 8 nitrogen and oxygen atoms in total. The second-order valence-electron chi connectivity index (χ2n) is 12.4. The number of fused-ring (bicyclic) bond motifs is 2. The van der Waals surface area contributed by atoms with Gasteiger partial charge in [0.2, 0.25) is 0 Å². The minimum atomic E-state index is -3.27. The van der Waals surface area contributed by atoms with Gasteiger partial charge in [0.05, 0.1) is 33.3 Å². The van der Waals surface area contributed by atoms with Gasteiger partial charge in [0.1, 0.15) is 18.3 Å². The Morgan fingerprint density at radius 3 is 1.69 bits per heavy atom. The van der Waals surface area contributed by atoms with Crippen molar-refractivity contribution in [3.63, 3.8) is 0 Å². The molecule has 2 aliphatic rings. The van der Waals surface area contributed by atoms with Crippen molar-refractivity contribution < 1.29 is 37.9 Å². The Morgan fingerprint density at radius 2 is 1.21 bits per heavy atom. The lowest BCUT2D eigenvalue weighted by atomic mass is 10.0. The Bertz CT molecular complexity index is 649. The first kappa shape index (κ1) is 34.6. The lowest BCUT2D eigenvalue weighted by molar-refractivity contribution is -0.910. The normalized spacial score (nSPS) is 27.1. The number of quaternary nitrogens is 1. The number of hydrogen-bond donors (Lipinski definition) is 3. The number of nitrogens with zero attached hydrogens (tertiary/aromatic N) is 1. The van der Waals surface area contributed by atoms with Gasteiger partial charge in [0.15, 0.2) is 6.10 Å². The largest absolute Gasteiger partial charge is 0.502 e. The van der Waals surface area contributed by atoms with Gasteiger partial charge in [-0.15, -0.1) is 0 Å². The van der Waals surface area contributed by atoms with E-state index in [1.54, 1.807) is 0 Å². The van der Waals surface area contributed by atoms with E-state index >= 15 is 0 Å². The fourth-order valence-corrected chi connectivity index (χ4v) is 9.00. The number of aliphatic hydroxyl groups excluding tert-OH is 2. The minimum Gasteiger partial charge on any atom is -0.479 e. The zero-order valence-corrected chi connectivity index (χ0v) is 26.3. The number of aliphatic carboxylic acids is 1. The van der Waals surface area contributed by atoms with E-state index < -0.39 is 39.2 Å². The smallest absolute Gasteiger partial charge is 0.479 e. The quantitative estimate of drug-likeness (QED) is 0.0821. The van der Waals surface area contributed by atoms with E-state index in [1.165, 1.54) is 103 Å². The molecular formula is C30H60NO7Si+. The maximum absolute atomic E-state index is 11.7. The van der Waals surface area contributed by atoms with Crippen LogP contribution >= 0.6 is 0 Å². The van der Waals surface area contributed by atoms with E-state index in [9.17, 15) is 20.1 Å². The number of unbranched alkanes of at least 4 members (excludes halogenated alkanes) is 14. The fourth-order valence-electron chi connectivity index (χ4n) is 6.08. The summed E-state index contributed by atoms with van der Waals surface area (Å²) in [6, 6.07) is 0.509. The van der Waals surface area contributed by atoms with Crippen LogP contribution in [0.1, 0.15) is 123 Å². The van der Waals surface area contributed by atoms with Crippen LogP contribution in [0.4, 0.5) is 0 Å². The third kappa shape index (κ3) is 12.5. The first-order chi connectivity index (χ1) is 18.8. The maximum Gasteiger partial charge on any atom is 0.502 e. The highest BCUT2D eigenvalue weighted by molar-refractivity contribution is 6.61. The number of hydrogen-bond acceptors (Lipinski definition) is 6. The lowest BCUT2D eigenvalue weighted by Gasteiger charge is -2.48. The van der Waals surface area contributed by atoms with Crippen LogP contribution in [0.15, 0.2) is 0 Å². The highest BCUT2D eigenvalue weighted by atomic mass is 28.4. The second-order valence-corrected chi connectivity index (χ2v) is 15.0. The topological polar surface area (TPSA) is 105 Å². The molecule has 230 valence electrons. The Balaban J connectivity index is 1.85. The molecule has 2 bridgehead atoms. The molecule has 5 unspecified atom stereocenters. The van der Waals surface area contributed by atoms with Crippen LogP contribution in [-0.4, -0.2) is 92.3 Å². The summed E-state index contributed by atoms with van der Waals surface area (Å²) in [6.07, 6.45) is 17.0. The van der Waals surface area contributed by atoms with Crippen molar-refractivity contribution in [2.45, 2.75) is 153 Å². The van der Waals surface area contributed by atoms with Crippen molar-refractivity contribution in [1.82, 2.24) is 0 Å². The molecule has 0 amide bonds. The lowest BCUT2D eigenvalue weighted by Crippen LogP contribution is -2.70. The van der Waals surface area contributed by atoms with E-state index in [0.717, 1.165) is 30.5 Å². The summed E-state index contributed by atoms with van der Waals surface area (Å²) in [5.41, 5.74) is 0. The number of aliphatic hydroxyl groups is 2. The summed E-state index contributed by atoms with van der Waals surface area (Å²) in [6.45, 7) is 7.81. The molecule has 2 heterocycles. The van der Waals surface area contributed by atoms with Gasteiger partial charge in [-0.25, -0.2) is 4.79 Å². The summed E-state index contributed by atoms with van der Waals surface area (Å²) in [4.78, 5) is 11.7. The molecule has 2 saturated heterocycles. The monoisotopic (exact) mass is 574 g/mol. The van der Waals surface area contributed by atoms with Gasteiger partial charge < -0.3 is 33.1 Å². The number of carbonyl (C=O) groups is 1. The fraction of sp³-hybridized carbons (Fsp3) is 0.967. The van der Waals surface area contributed by atoms with Gasteiger partial charge in [-0.05, 0) is 25.7 Å². The van der Waals surface area contributed by atoms with Crippen LogP contribution in [0.3, 0.4) is 0 Å². The zero-order valence-electron chi connectivity index (χ0n) is 25.3. The number of rotatable bonds is 23. The highest BCUT2D eigenvalue weighted by Gasteiger charge is 2.59. The Hall–Kier alpha value is -0.553. The SMILES string of the molecule is CCCCCCCCCC[N+](C)(CCCCCCCCCC)CCC[Si]12OCC(O)C(O1)C(O)C(C(=O)O)O2. The van der Waals surface area contributed by atoms with Crippen molar-refractivity contribution in [1.29, 1.82) is 0 Å². The van der Waals surface area contributed by atoms with Gasteiger partial charge in [-0.2, -0.15) is 0 Å². The van der Waals surface area contributed by atoms with Crippen LogP contribution in [0.25, 0.3) is 0 Å². The molecule has 3 N–H and O–H groups in total. The Labute approximate surface area is 239 Å². The Morgan fingerprint density at radius 1 is 0.744 bits per heavy atom. The number of carboxylic acids is 1. The molecular weight excluding hydrogens is 514 g/mol. The summed E-state index contributed by atoms with van der Waals surface area (Å²) in [5.74, 6) is -1.24. The van der Waals surface area contributed by atoms with Crippen molar-refractivity contribution in [2.24, 2.45) is 0 Å². The molecule has 5 atom stereocenters. The maximum atomic E-state index is 11.7. The molecule has 0 aromatic rings. The van der Waals surface area contributed by atoms with E-state index in [0.29, 0.717) is 6.04 Å². The molecule has 0 radical (unpaired) electrons. The molecule has 9 heteroatoms. The first-order valence-corrected chi connectivity index (χ1v) is 18.1. The van der Waals surface area contributed by atoms with Gasteiger partial charge in [-0.3, -0.25) is 0 Å². The first-order valence-electron chi connectivity index (χ1n) is 16.2. The predicted octanol–water partition coefficient (Wildman–Crippen LogP) is 5.66. The van der Waals surface area contributed by atoms with Crippen LogP contribution in [0, 0.1) is 0 Å². The van der Waals surface area contributed by atoms with Crippen molar-refractivity contribution in [2.75, 3.05) is 33.3 Å². The van der Waals surface area contributed by atoms with Crippen molar-refractivity contribution >= 4 is 14.8 Å². The average molecular weight is 575 g/mol. The van der Waals surface area contributed by atoms with Gasteiger partial charge >= 0.3 is 14.8 Å². The number of carboxylic acid groups (broad SMARTS) is 1. The van der Waals surface area contributed by atoms with Gasteiger partial charge in [0.25, 0.3) is 0 Å². The van der Waals surface area contributed by atoms with E-state index in [4.69, 9.17) is 13.3 Å². The summed E-state index contributed by atoms with van der Waals surface area (Å²) < 4.78 is 18.6. The molecule has 0 aromatic heterocycles. The summed E-state index contributed by atoms with van der Waals surface area (Å²) in [5, 5.41) is 30.2. The second kappa shape index (κ2) is 18.8. The third-order valence-corrected chi connectivity index (χ3v) is 11.5. The summed E-state index contributed by atoms with van der Waals surface area (Å²) >= 11 is 0. The van der Waals surface area contributed by atoms with Crippen molar-refractivity contribution in [3.05, 3.63) is 0 Å². The molecule has 0 aromatic carbocycles. The molecule has 0 spiro atoms.